The normalized spacial score (nSPS) is 11.1. The average molecular weight is 256 g/mol. The Labute approximate surface area is 109 Å². The van der Waals surface area contributed by atoms with Gasteiger partial charge in [0.15, 0.2) is 0 Å². The van der Waals surface area contributed by atoms with Crippen LogP contribution >= 0.6 is 0 Å². The first-order chi connectivity index (χ1) is 9.15. The zero-order chi connectivity index (χ0) is 13.4. The fraction of sp³-hybridized carbons (Fsp3) is 0.133. The van der Waals surface area contributed by atoms with E-state index >= 15 is 0 Å². The van der Waals surface area contributed by atoms with Crippen LogP contribution in [0.3, 0.4) is 0 Å². The molecule has 3 aromatic rings. The number of aryl methyl sites for hydroxylation is 1. The topological polar surface area (TPSA) is 38.0 Å². The second-order valence-electron chi connectivity index (χ2n) is 4.53. The molecule has 0 unspecified atom stereocenters. The lowest BCUT2D eigenvalue weighted by Gasteiger charge is -2.05. The van der Waals surface area contributed by atoms with Gasteiger partial charge in [0.25, 0.3) is 0 Å². The Bertz CT molecular complexity index is 749. The van der Waals surface area contributed by atoms with E-state index in [9.17, 15) is 9.50 Å². The molecule has 0 bridgehead atoms. The number of nitrogens with zero attached hydrogens (tertiary/aromatic N) is 2. The Morgan fingerprint density at radius 1 is 1.21 bits per heavy atom. The molecular weight excluding hydrogens is 243 g/mol. The predicted octanol–water partition coefficient (Wildman–Crippen LogP) is 3.01. The van der Waals surface area contributed by atoms with Crippen molar-refractivity contribution in [2.24, 2.45) is 7.05 Å². The number of imidazole rings is 1. The molecule has 0 saturated heterocycles. The first-order valence-electron chi connectivity index (χ1n) is 6.03. The van der Waals surface area contributed by atoms with Crippen molar-refractivity contribution >= 4 is 11.0 Å². The van der Waals surface area contributed by atoms with Crippen LogP contribution in [0.1, 0.15) is 11.4 Å². The van der Waals surface area contributed by atoms with Crippen LogP contribution < -0.4 is 0 Å². The molecule has 0 spiro atoms. The molecule has 0 atom stereocenters. The molecule has 0 amide bonds. The minimum Gasteiger partial charge on any atom is -0.508 e. The third kappa shape index (κ3) is 2.05. The third-order valence-corrected chi connectivity index (χ3v) is 3.27. The molecule has 0 radical (unpaired) electrons. The van der Waals surface area contributed by atoms with Gasteiger partial charge in [0.2, 0.25) is 0 Å². The summed E-state index contributed by atoms with van der Waals surface area (Å²) in [6, 6.07) is 11.8. The molecule has 0 fully saturated rings. The van der Waals surface area contributed by atoms with E-state index in [0.717, 1.165) is 16.9 Å². The summed E-state index contributed by atoms with van der Waals surface area (Å²) in [6.07, 6.45) is 0.398. The van der Waals surface area contributed by atoms with E-state index in [-0.39, 0.29) is 11.6 Å². The van der Waals surface area contributed by atoms with Gasteiger partial charge in [0, 0.05) is 19.0 Å². The number of phenols is 1. The Hall–Kier alpha value is -2.36. The van der Waals surface area contributed by atoms with E-state index in [4.69, 9.17) is 0 Å². The SMILES string of the molecule is Cn1c(Cc2cc(F)ccc2O)nc2ccccc21. The van der Waals surface area contributed by atoms with E-state index in [2.05, 4.69) is 4.98 Å². The maximum absolute atomic E-state index is 13.2. The molecule has 1 N–H and O–H groups in total. The van der Waals surface area contributed by atoms with Crippen molar-refractivity contribution < 1.29 is 9.50 Å². The summed E-state index contributed by atoms with van der Waals surface area (Å²) in [7, 11) is 1.92. The summed E-state index contributed by atoms with van der Waals surface area (Å²) in [6.45, 7) is 0. The Balaban J connectivity index is 2.06. The summed E-state index contributed by atoms with van der Waals surface area (Å²) < 4.78 is 15.2. The third-order valence-electron chi connectivity index (χ3n) is 3.27. The minimum atomic E-state index is -0.355. The van der Waals surface area contributed by atoms with Gasteiger partial charge in [0.1, 0.15) is 17.4 Å². The number of aromatic nitrogens is 2. The highest BCUT2D eigenvalue weighted by atomic mass is 19.1. The number of fused-ring (bicyclic) bond motifs is 1. The predicted molar refractivity (Wildman–Crippen MR) is 71.6 cm³/mol. The van der Waals surface area contributed by atoms with Crippen LogP contribution in [0.15, 0.2) is 42.5 Å². The molecule has 0 aliphatic carbocycles. The maximum atomic E-state index is 13.2. The number of hydrogen-bond donors (Lipinski definition) is 1. The number of hydrogen-bond acceptors (Lipinski definition) is 2. The van der Waals surface area contributed by atoms with Gasteiger partial charge in [-0.05, 0) is 30.3 Å². The number of phenolic OH excluding ortho intramolecular Hbond substituents is 1. The molecule has 1 aromatic heterocycles. The molecule has 0 aliphatic heterocycles. The lowest BCUT2D eigenvalue weighted by atomic mass is 10.1. The Morgan fingerprint density at radius 3 is 2.79 bits per heavy atom. The number of para-hydroxylation sites is 2. The van der Waals surface area contributed by atoms with Crippen molar-refractivity contribution in [3.8, 4) is 5.75 Å². The van der Waals surface area contributed by atoms with Crippen molar-refractivity contribution in [2.75, 3.05) is 0 Å². The molecule has 1 heterocycles. The highest BCUT2D eigenvalue weighted by molar-refractivity contribution is 5.75. The molecule has 4 heteroatoms. The number of aromatic hydroxyl groups is 1. The highest BCUT2D eigenvalue weighted by Gasteiger charge is 2.10. The van der Waals surface area contributed by atoms with Gasteiger partial charge in [-0.1, -0.05) is 12.1 Å². The number of halogens is 1. The van der Waals surface area contributed by atoms with Gasteiger partial charge in [-0.15, -0.1) is 0 Å². The lowest BCUT2D eigenvalue weighted by molar-refractivity contribution is 0.466. The van der Waals surface area contributed by atoms with Gasteiger partial charge in [0.05, 0.1) is 11.0 Å². The van der Waals surface area contributed by atoms with Crippen molar-refractivity contribution in [3.63, 3.8) is 0 Å². The lowest BCUT2D eigenvalue weighted by Crippen LogP contribution is -1.99. The van der Waals surface area contributed by atoms with E-state index < -0.39 is 0 Å². The first-order valence-corrected chi connectivity index (χ1v) is 6.03. The van der Waals surface area contributed by atoms with Crippen LogP contribution in [0.4, 0.5) is 4.39 Å². The van der Waals surface area contributed by atoms with Gasteiger partial charge < -0.3 is 9.67 Å². The molecule has 3 nitrogen and oxygen atoms in total. The van der Waals surface area contributed by atoms with Crippen LogP contribution in [0.2, 0.25) is 0 Å². The first kappa shape index (κ1) is 11.7. The Kier molecular flexibility index (Phi) is 2.71. The van der Waals surface area contributed by atoms with Gasteiger partial charge in [-0.25, -0.2) is 9.37 Å². The van der Waals surface area contributed by atoms with Crippen molar-refractivity contribution in [3.05, 3.63) is 59.7 Å². The van der Waals surface area contributed by atoms with Gasteiger partial charge >= 0.3 is 0 Å². The van der Waals surface area contributed by atoms with Crippen LogP contribution in [0.5, 0.6) is 5.75 Å². The van der Waals surface area contributed by atoms with Crippen LogP contribution in [0, 0.1) is 5.82 Å². The summed E-state index contributed by atoms with van der Waals surface area (Å²) in [5.74, 6) is 0.530. The van der Waals surface area contributed by atoms with E-state index in [1.807, 2.05) is 35.9 Å². The summed E-state index contributed by atoms with van der Waals surface area (Å²) in [5, 5.41) is 9.76. The summed E-state index contributed by atoms with van der Waals surface area (Å²) in [5.41, 5.74) is 2.46. The molecule has 0 saturated carbocycles. The van der Waals surface area contributed by atoms with E-state index in [0.29, 0.717) is 12.0 Å². The summed E-state index contributed by atoms with van der Waals surface area (Å²) in [4.78, 5) is 4.51. The minimum absolute atomic E-state index is 0.0912. The largest absolute Gasteiger partial charge is 0.508 e. The maximum Gasteiger partial charge on any atom is 0.123 e. The molecule has 0 aliphatic rings. The second-order valence-corrected chi connectivity index (χ2v) is 4.53. The Morgan fingerprint density at radius 2 is 2.00 bits per heavy atom. The molecular formula is C15H13FN2O. The van der Waals surface area contributed by atoms with Crippen molar-refractivity contribution in [1.29, 1.82) is 0 Å². The highest BCUT2D eigenvalue weighted by Crippen LogP contribution is 2.23. The molecule has 2 aromatic carbocycles. The number of benzene rings is 2. The van der Waals surface area contributed by atoms with E-state index in [1.165, 1.54) is 18.2 Å². The summed E-state index contributed by atoms with van der Waals surface area (Å²) >= 11 is 0. The van der Waals surface area contributed by atoms with Gasteiger partial charge in [-0.2, -0.15) is 0 Å². The molecule has 96 valence electrons. The molecule has 3 rings (SSSR count). The fourth-order valence-electron chi connectivity index (χ4n) is 2.22. The van der Waals surface area contributed by atoms with Crippen LogP contribution in [0.25, 0.3) is 11.0 Å². The smallest absolute Gasteiger partial charge is 0.123 e. The monoisotopic (exact) mass is 256 g/mol. The molecule has 19 heavy (non-hydrogen) atoms. The van der Waals surface area contributed by atoms with Gasteiger partial charge in [-0.3, -0.25) is 0 Å². The van der Waals surface area contributed by atoms with Crippen LogP contribution in [-0.4, -0.2) is 14.7 Å². The standard InChI is InChI=1S/C15H13FN2O/c1-18-13-5-3-2-4-12(13)17-15(18)9-10-8-11(16)6-7-14(10)19/h2-8,19H,9H2,1H3. The van der Waals surface area contributed by atoms with Crippen molar-refractivity contribution in [1.82, 2.24) is 9.55 Å². The zero-order valence-electron chi connectivity index (χ0n) is 10.5. The van der Waals surface area contributed by atoms with Crippen molar-refractivity contribution in [2.45, 2.75) is 6.42 Å². The quantitative estimate of drug-likeness (QED) is 0.765. The van der Waals surface area contributed by atoms with E-state index in [1.54, 1.807) is 0 Å². The fourth-order valence-corrected chi connectivity index (χ4v) is 2.22. The second kappa shape index (κ2) is 4.39. The average Bonchev–Trinajstić information content (AvgIpc) is 2.72. The van der Waals surface area contributed by atoms with Crippen LogP contribution in [-0.2, 0) is 13.5 Å². The zero-order valence-corrected chi connectivity index (χ0v) is 10.5. The number of rotatable bonds is 2.